The fraction of sp³-hybridized carbons (Fsp3) is 0.167. The van der Waals surface area contributed by atoms with Crippen LogP contribution in [0.2, 0.25) is 0 Å². The first-order valence-electron chi connectivity index (χ1n) is 7.32. The van der Waals surface area contributed by atoms with Crippen LogP contribution in [0.5, 0.6) is 0 Å². The van der Waals surface area contributed by atoms with Crippen LogP contribution >= 0.6 is 15.9 Å². The fourth-order valence-electron chi connectivity index (χ4n) is 2.73. The summed E-state index contributed by atoms with van der Waals surface area (Å²) in [5.41, 5.74) is 2.55. The lowest BCUT2D eigenvalue weighted by Gasteiger charge is -2.05. The number of fused-ring (bicyclic) bond motifs is 1. The summed E-state index contributed by atoms with van der Waals surface area (Å²) in [5.74, 6) is -1.09. The van der Waals surface area contributed by atoms with E-state index in [1.165, 1.54) is 25.3 Å². The third kappa shape index (κ3) is 3.19. The van der Waals surface area contributed by atoms with E-state index in [1.54, 1.807) is 18.2 Å². The van der Waals surface area contributed by atoms with E-state index in [0.717, 1.165) is 11.1 Å². The number of carbonyl (C=O) groups excluding carboxylic acids is 1. The molecule has 6 heteroatoms. The number of aryl methyl sites for hydroxylation is 1. The van der Waals surface area contributed by atoms with Gasteiger partial charge in [0.2, 0.25) is 0 Å². The maximum absolute atomic E-state index is 14.3. The van der Waals surface area contributed by atoms with Gasteiger partial charge in [-0.3, -0.25) is 4.79 Å². The van der Waals surface area contributed by atoms with Crippen molar-refractivity contribution >= 4 is 32.8 Å². The summed E-state index contributed by atoms with van der Waals surface area (Å²) in [4.78, 5) is 14.6. The zero-order valence-electron chi connectivity index (χ0n) is 12.8. The minimum Gasteiger partial charge on any atom is -0.469 e. The van der Waals surface area contributed by atoms with Crippen LogP contribution in [-0.4, -0.2) is 18.1 Å². The molecule has 24 heavy (non-hydrogen) atoms. The van der Waals surface area contributed by atoms with E-state index in [1.807, 2.05) is 0 Å². The Labute approximate surface area is 145 Å². The number of aromatic amines is 1. The number of hydrogen-bond acceptors (Lipinski definition) is 2. The third-order valence-corrected chi connectivity index (χ3v) is 4.33. The normalized spacial score (nSPS) is 11.0. The molecular formula is C18H14BrF2NO2. The molecule has 2 aromatic carbocycles. The first kappa shape index (κ1) is 16.6. The molecule has 0 saturated heterocycles. The Hall–Kier alpha value is -2.21. The van der Waals surface area contributed by atoms with Crippen molar-refractivity contribution in [3.63, 3.8) is 0 Å². The van der Waals surface area contributed by atoms with Crippen LogP contribution in [0, 0.1) is 11.6 Å². The predicted octanol–water partition coefficient (Wildman–Crippen LogP) is 4.98. The highest BCUT2D eigenvalue weighted by molar-refractivity contribution is 9.10. The molecule has 1 N–H and O–H groups in total. The van der Waals surface area contributed by atoms with Gasteiger partial charge in [-0.2, -0.15) is 0 Å². The summed E-state index contributed by atoms with van der Waals surface area (Å²) in [7, 11) is 1.33. The SMILES string of the molecule is COC(=O)CCc1c(-c2ccc(F)cc2)[nH]c2c(F)cc(Br)cc12. The molecule has 0 unspecified atom stereocenters. The van der Waals surface area contributed by atoms with Crippen molar-refractivity contribution in [3.8, 4) is 11.3 Å². The molecule has 1 heterocycles. The van der Waals surface area contributed by atoms with Crippen LogP contribution in [0.3, 0.4) is 0 Å². The Balaban J connectivity index is 2.17. The van der Waals surface area contributed by atoms with Crippen LogP contribution in [0.4, 0.5) is 8.78 Å². The number of methoxy groups -OCH3 is 1. The summed E-state index contributed by atoms with van der Waals surface area (Å²) in [6, 6.07) is 9.10. The van der Waals surface area contributed by atoms with Gasteiger partial charge >= 0.3 is 5.97 Å². The van der Waals surface area contributed by atoms with E-state index in [9.17, 15) is 13.6 Å². The number of aromatic nitrogens is 1. The summed E-state index contributed by atoms with van der Waals surface area (Å²) >= 11 is 3.29. The van der Waals surface area contributed by atoms with Gasteiger partial charge in [0, 0.05) is 22.0 Å². The highest BCUT2D eigenvalue weighted by Crippen LogP contribution is 2.34. The molecule has 3 aromatic rings. The largest absolute Gasteiger partial charge is 0.469 e. The molecule has 0 aliphatic heterocycles. The summed E-state index contributed by atoms with van der Waals surface area (Å²) in [6.07, 6.45) is 0.557. The van der Waals surface area contributed by atoms with Gasteiger partial charge in [-0.1, -0.05) is 15.9 Å². The first-order chi connectivity index (χ1) is 11.5. The molecule has 0 aliphatic carbocycles. The van der Waals surface area contributed by atoms with Gasteiger partial charge in [0.25, 0.3) is 0 Å². The summed E-state index contributed by atoms with van der Waals surface area (Å²) in [6.45, 7) is 0. The van der Waals surface area contributed by atoms with E-state index in [0.29, 0.717) is 27.5 Å². The standard InChI is InChI=1S/C18H14BrF2NO2/c1-24-16(23)7-6-13-14-8-11(19)9-15(21)18(14)22-17(13)10-2-4-12(20)5-3-10/h2-5,8-9,22H,6-7H2,1H3. The number of carbonyl (C=O) groups is 1. The Morgan fingerprint density at radius 3 is 2.58 bits per heavy atom. The second kappa shape index (κ2) is 6.73. The number of esters is 1. The first-order valence-corrected chi connectivity index (χ1v) is 8.11. The highest BCUT2D eigenvalue weighted by atomic mass is 79.9. The average molecular weight is 394 g/mol. The van der Waals surface area contributed by atoms with Crippen LogP contribution in [0.15, 0.2) is 40.9 Å². The second-order valence-corrected chi connectivity index (χ2v) is 6.29. The molecule has 0 bridgehead atoms. The molecule has 3 rings (SSSR count). The van der Waals surface area contributed by atoms with Gasteiger partial charge in [0.05, 0.1) is 12.6 Å². The molecular weight excluding hydrogens is 380 g/mol. The van der Waals surface area contributed by atoms with Crippen molar-refractivity contribution in [1.82, 2.24) is 4.98 Å². The lowest BCUT2D eigenvalue weighted by Crippen LogP contribution is -2.02. The average Bonchev–Trinajstić information content (AvgIpc) is 2.92. The lowest BCUT2D eigenvalue weighted by atomic mass is 10.0. The molecule has 3 nitrogen and oxygen atoms in total. The van der Waals surface area contributed by atoms with E-state index < -0.39 is 5.82 Å². The zero-order valence-corrected chi connectivity index (χ0v) is 14.4. The van der Waals surface area contributed by atoms with Gasteiger partial charge in [-0.25, -0.2) is 8.78 Å². The summed E-state index contributed by atoms with van der Waals surface area (Å²) < 4.78 is 32.8. The van der Waals surface area contributed by atoms with E-state index in [-0.39, 0.29) is 18.2 Å². The number of halogens is 3. The van der Waals surface area contributed by atoms with Gasteiger partial charge < -0.3 is 9.72 Å². The number of ether oxygens (including phenoxy) is 1. The van der Waals surface area contributed by atoms with Gasteiger partial charge in [0.15, 0.2) is 0 Å². The molecule has 0 spiro atoms. The molecule has 0 amide bonds. The minimum atomic E-state index is -0.396. The topological polar surface area (TPSA) is 42.1 Å². The molecule has 1 aromatic heterocycles. The van der Waals surface area contributed by atoms with Crippen LogP contribution in [0.25, 0.3) is 22.2 Å². The van der Waals surface area contributed by atoms with Crippen molar-refractivity contribution in [1.29, 1.82) is 0 Å². The van der Waals surface area contributed by atoms with E-state index >= 15 is 0 Å². The maximum Gasteiger partial charge on any atom is 0.305 e. The quantitative estimate of drug-likeness (QED) is 0.635. The van der Waals surface area contributed by atoms with Crippen LogP contribution < -0.4 is 0 Å². The Kier molecular flexibility index (Phi) is 4.66. The van der Waals surface area contributed by atoms with Gasteiger partial charge in [-0.15, -0.1) is 0 Å². The van der Waals surface area contributed by atoms with Crippen LogP contribution in [0.1, 0.15) is 12.0 Å². The molecule has 0 aliphatic rings. The number of nitrogens with one attached hydrogen (secondary N) is 1. The van der Waals surface area contributed by atoms with Crippen molar-refractivity contribution < 1.29 is 18.3 Å². The maximum atomic E-state index is 14.3. The Morgan fingerprint density at radius 2 is 1.92 bits per heavy atom. The van der Waals surface area contributed by atoms with Crippen LogP contribution in [-0.2, 0) is 16.0 Å². The molecule has 0 atom stereocenters. The van der Waals surface area contributed by atoms with E-state index in [2.05, 4.69) is 25.7 Å². The molecule has 0 fully saturated rings. The Morgan fingerprint density at radius 1 is 1.21 bits per heavy atom. The van der Waals surface area contributed by atoms with Gasteiger partial charge in [0.1, 0.15) is 11.6 Å². The van der Waals surface area contributed by atoms with E-state index in [4.69, 9.17) is 0 Å². The van der Waals surface area contributed by atoms with Crippen molar-refractivity contribution in [2.75, 3.05) is 7.11 Å². The molecule has 0 saturated carbocycles. The van der Waals surface area contributed by atoms with Crippen molar-refractivity contribution in [2.45, 2.75) is 12.8 Å². The number of rotatable bonds is 4. The fourth-order valence-corrected chi connectivity index (χ4v) is 3.16. The summed E-state index contributed by atoms with van der Waals surface area (Å²) in [5, 5.41) is 0.685. The lowest BCUT2D eigenvalue weighted by molar-refractivity contribution is -0.140. The zero-order chi connectivity index (χ0) is 17.3. The minimum absolute atomic E-state index is 0.172. The predicted molar refractivity (Wildman–Crippen MR) is 91.7 cm³/mol. The number of benzene rings is 2. The molecule has 0 radical (unpaired) electrons. The number of hydrogen-bond donors (Lipinski definition) is 1. The second-order valence-electron chi connectivity index (χ2n) is 5.37. The highest BCUT2D eigenvalue weighted by Gasteiger charge is 2.17. The van der Waals surface area contributed by atoms with Crippen molar-refractivity contribution in [2.24, 2.45) is 0 Å². The van der Waals surface area contributed by atoms with Gasteiger partial charge in [-0.05, 0) is 53.9 Å². The van der Waals surface area contributed by atoms with Crippen molar-refractivity contribution in [3.05, 3.63) is 58.1 Å². The number of H-pyrrole nitrogens is 1. The Bertz CT molecular complexity index is 904. The smallest absolute Gasteiger partial charge is 0.305 e. The monoisotopic (exact) mass is 393 g/mol. The third-order valence-electron chi connectivity index (χ3n) is 3.87. The molecule has 124 valence electrons.